The molecular weight excluding hydrogens is 379 g/mol. The topological polar surface area (TPSA) is 109 Å². The Morgan fingerprint density at radius 2 is 1.55 bits per heavy atom. The van der Waals surface area contributed by atoms with Crippen LogP contribution in [0.1, 0.15) is 66.2 Å². The van der Waals surface area contributed by atoms with Crippen molar-refractivity contribution in [1.29, 1.82) is 0 Å². The Balaban J connectivity index is 0. The molecule has 0 saturated heterocycles. The average molecular weight is 415 g/mol. The van der Waals surface area contributed by atoms with Gasteiger partial charge in [0.05, 0.1) is 12.1 Å². The summed E-state index contributed by atoms with van der Waals surface area (Å²) in [5, 5.41) is 11.3. The number of nitrogens with one attached hydrogen (secondary N) is 1. The maximum atomic E-state index is 12.6. The normalized spacial score (nSPS) is 14.6. The number of allylic oxidation sites excluding steroid dienone is 5. The predicted octanol–water partition coefficient (Wildman–Crippen LogP) is 0.490. The molecule has 0 aliphatic carbocycles. The van der Waals surface area contributed by atoms with E-state index in [4.69, 9.17) is 10.8 Å². The van der Waals surface area contributed by atoms with Gasteiger partial charge < -0.3 is 16.2 Å². The molecule has 0 radical (unpaired) electrons. The van der Waals surface area contributed by atoms with E-state index in [1.807, 2.05) is 12.2 Å². The molecule has 1 unspecified atom stereocenters. The minimum atomic E-state index is -1.02. The molecule has 0 rings (SSSR count). The number of carbonyl (C=O) groups is 3. The number of hydrogen-bond acceptors (Lipinski definition) is 4. The molecule has 0 aromatic heterocycles. The van der Waals surface area contributed by atoms with Crippen LogP contribution in [0.2, 0.25) is 0 Å². The molecule has 0 fully saturated rings. The number of carbonyl (C=O) groups excluding carboxylic acids is 2. The Morgan fingerprint density at radius 3 is 2.07 bits per heavy atom. The van der Waals surface area contributed by atoms with Crippen molar-refractivity contribution in [2.24, 2.45) is 5.73 Å². The molecule has 0 bridgehead atoms. The van der Waals surface area contributed by atoms with E-state index in [0.717, 1.165) is 31.3 Å². The van der Waals surface area contributed by atoms with Crippen LogP contribution < -0.4 is 40.6 Å². The van der Waals surface area contributed by atoms with Gasteiger partial charge in [0.15, 0.2) is 5.78 Å². The number of amides is 1. The Morgan fingerprint density at radius 1 is 1.00 bits per heavy atom. The summed E-state index contributed by atoms with van der Waals surface area (Å²) >= 11 is 0. The minimum Gasteiger partial charge on any atom is -0.481 e. The first kappa shape index (κ1) is 29.9. The first-order valence-corrected chi connectivity index (χ1v) is 9.63. The largest absolute Gasteiger partial charge is 1.00 e. The molecule has 0 heterocycles. The molecule has 0 saturated carbocycles. The van der Waals surface area contributed by atoms with Gasteiger partial charge in [0.1, 0.15) is 0 Å². The zero-order valence-electron chi connectivity index (χ0n) is 18.6. The van der Waals surface area contributed by atoms with E-state index < -0.39 is 18.1 Å². The monoisotopic (exact) mass is 414 g/mol. The van der Waals surface area contributed by atoms with Crippen LogP contribution in [-0.2, 0) is 14.4 Å². The maximum absolute atomic E-state index is 12.6. The van der Waals surface area contributed by atoms with Crippen molar-refractivity contribution in [3.05, 3.63) is 41.9 Å². The van der Waals surface area contributed by atoms with Crippen molar-refractivity contribution in [3.8, 4) is 0 Å². The van der Waals surface area contributed by atoms with E-state index in [1.54, 1.807) is 6.92 Å². The number of nitrogens with two attached hydrogens (primary N) is 1. The fourth-order valence-corrected chi connectivity index (χ4v) is 2.64. The van der Waals surface area contributed by atoms with Crippen LogP contribution >= 0.6 is 0 Å². The van der Waals surface area contributed by atoms with Crippen LogP contribution in [0.15, 0.2) is 34.9 Å². The number of aliphatic carboxylic acids is 1. The van der Waals surface area contributed by atoms with Gasteiger partial charge in [0.2, 0.25) is 5.91 Å². The summed E-state index contributed by atoms with van der Waals surface area (Å²) in [6.45, 7) is 11.0. The van der Waals surface area contributed by atoms with Gasteiger partial charge in [-0.1, -0.05) is 29.7 Å². The smallest absolute Gasteiger partial charge is 0.481 e. The van der Waals surface area contributed by atoms with Gasteiger partial charge in [-0.2, -0.15) is 0 Å². The van der Waals surface area contributed by atoms with Crippen molar-refractivity contribution in [1.82, 2.24) is 5.32 Å². The van der Waals surface area contributed by atoms with Crippen molar-refractivity contribution in [2.45, 2.75) is 78.3 Å². The second-order valence-electron chi connectivity index (χ2n) is 7.19. The van der Waals surface area contributed by atoms with Gasteiger partial charge in [-0.15, -0.1) is 6.92 Å². The number of hydrogen-bond donors (Lipinski definition) is 3. The van der Waals surface area contributed by atoms with E-state index in [1.165, 1.54) is 18.1 Å². The van der Waals surface area contributed by atoms with Crippen LogP contribution in [0.5, 0.6) is 0 Å². The van der Waals surface area contributed by atoms with Gasteiger partial charge in [-0.3, -0.25) is 14.4 Å². The molecule has 2 atom stereocenters. The van der Waals surface area contributed by atoms with Crippen LogP contribution in [0.25, 0.3) is 0 Å². The molecule has 0 aromatic carbocycles. The first-order valence-electron chi connectivity index (χ1n) is 9.63. The second kappa shape index (κ2) is 16.5. The molecule has 0 spiro atoms. The van der Waals surface area contributed by atoms with E-state index in [2.05, 4.69) is 32.2 Å². The van der Waals surface area contributed by atoms with Crippen LogP contribution in [0.4, 0.5) is 0 Å². The second-order valence-corrected chi connectivity index (χ2v) is 7.19. The van der Waals surface area contributed by atoms with Crippen LogP contribution in [0, 0.1) is 6.92 Å². The Hall–Kier alpha value is -1.34. The van der Waals surface area contributed by atoms with E-state index in [9.17, 15) is 14.4 Å². The summed E-state index contributed by atoms with van der Waals surface area (Å²) < 4.78 is 0. The van der Waals surface area contributed by atoms with E-state index >= 15 is 0 Å². The average Bonchev–Trinajstić information content (AvgIpc) is 2.63. The zero-order chi connectivity index (χ0) is 21.7. The predicted molar refractivity (Wildman–Crippen MR) is 113 cm³/mol. The van der Waals surface area contributed by atoms with Gasteiger partial charge in [0.25, 0.3) is 0 Å². The third kappa shape index (κ3) is 14.3. The fourth-order valence-electron chi connectivity index (χ4n) is 2.64. The number of carboxylic acids is 1. The number of carboxylic acid groups (broad SMARTS) is 1. The van der Waals surface area contributed by atoms with Crippen LogP contribution in [-0.4, -0.2) is 34.8 Å². The molecule has 1 amide bonds. The third-order valence-electron chi connectivity index (χ3n) is 4.55. The number of rotatable bonds is 13. The summed E-state index contributed by atoms with van der Waals surface area (Å²) in [4.78, 5) is 34.7. The fraction of sp³-hybridized carbons (Fsp3) is 0.545. The van der Waals surface area contributed by atoms with Gasteiger partial charge in [0, 0.05) is 13.3 Å². The molecule has 6 nitrogen and oxygen atoms in total. The maximum Gasteiger partial charge on any atom is 1.00 e. The van der Waals surface area contributed by atoms with Crippen LogP contribution in [0.3, 0.4) is 0 Å². The Bertz CT molecular complexity index is 639. The van der Waals surface area contributed by atoms with Crippen molar-refractivity contribution in [3.63, 3.8) is 0 Å². The van der Waals surface area contributed by atoms with E-state index in [-0.39, 0.29) is 54.1 Å². The van der Waals surface area contributed by atoms with Gasteiger partial charge in [-0.05, 0) is 39.5 Å². The van der Waals surface area contributed by atoms with Crippen molar-refractivity contribution >= 4 is 17.7 Å². The van der Waals surface area contributed by atoms with Crippen molar-refractivity contribution in [2.75, 3.05) is 0 Å². The molecule has 0 aliphatic heterocycles. The summed E-state index contributed by atoms with van der Waals surface area (Å²) in [5.74, 6) is -1.78. The molecule has 4 N–H and O–H groups in total. The van der Waals surface area contributed by atoms with Crippen molar-refractivity contribution < 1.29 is 49.0 Å². The molecule has 158 valence electrons. The number of Topliss-reactive ketones (excluding diaryl/α,β-unsaturated/α-hetero) is 1. The summed E-state index contributed by atoms with van der Waals surface area (Å²) in [6, 6.07) is -1.75. The third-order valence-corrected chi connectivity index (χ3v) is 4.55. The molecule has 7 heteroatoms. The molecular formula is C22H35N2NaO4. The standard InChI is InChI=1S/C22H35N2O4.Na/c1-6-15(2)9-7-10-16(3)11-8-12-17(4)21(23)22(28)19(24-18(5)25)13-14-20(26)27;/h6,10,12,19,21H,1,7-9,11,13-14,23H2,2-5H3,(H,24,25)(H,26,27);/q-1;+1/t19-,21?;/m0./s1. The number of ketones is 1. The van der Waals surface area contributed by atoms with E-state index in [0.29, 0.717) is 0 Å². The Kier molecular flexibility index (Phi) is 16.9. The minimum absolute atomic E-state index is 0. The van der Waals surface area contributed by atoms with Gasteiger partial charge in [-0.25, -0.2) is 18.6 Å². The Labute approximate surface area is 197 Å². The van der Waals surface area contributed by atoms with Gasteiger partial charge >= 0.3 is 35.5 Å². The molecule has 0 aromatic rings. The zero-order valence-corrected chi connectivity index (χ0v) is 20.6. The summed E-state index contributed by atoms with van der Waals surface area (Å²) in [6.07, 6.45) is 9.44. The molecule has 29 heavy (non-hydrogen) atoms. The molecule has 0 aliphatic rings. The quantitative estimate of drug-likeness (QED) is 0.231. The summed E-state index contributed by atoms with van der Waals surface area (Å²) in [7, 11) is 0. The summed E-state index contributed by atoms with van der Waals surface area (Å²) in [5.41, 5.74) is 9.31. The SMILES string of the molecule is [CH2-]C=C(C)CCC=C(C)CCC=C(C)C(N)C(=O)[C@H](CCC(=O)O)NC(C)=O.[Na+]. The first-order chi connectivity index (χ1) is 13.1.